The van der Waals surface area contributed by atoms with Gasteiger partial charge < -0.3 is 19.7 Å². The van der Waals surface area contributed by atoms with Gasteiger partial charge >= 0.3 is 12.1 Å². The Kier molecular flexibility index (Phi) is 11.9. The van der Waals surface area contributed by atoms with E-state index < -0.39 is 12.1 Å². The van der Waals surface area contributed by atoms with E-state index in [4.69, 9.17) is 9.47 Å². The molecule has 2 aromatic rings. The minimum atomic E-state index is -0.566. The third kappa shape index (κ3) is 9.47. The summed E-state index contributed by atoms with van der Waals surface area (Å²) in [6, 6.07) is 16.5. The van der Waals surface area contributed by atoms with Crippen LogP contribution in [0.2, 0.25) is 0 Å². The molecule has 1 fully saturated rings. The SMILES string of the molecule is CCOC(=O)[C@H](CCCCC1CCN(C(=O)OCc2ccccc2)CC1)N[C@@H]1C(=O)Nc2ccccc2SC1C(C)(C)C. The molecule has 1 saturated heterocycles. The number of hydrogen-bond donors (Lipinski definition) is 2. The Morgan fingerprint density at radius 2 is 1.72 bits per heavy atom. The summed E-state index contributed by atoms with van der Waals surface area (Å²) in [5, 5.41) is 6.43. The molecule has 2 aromatic carbocycles. The zero-order valence-electron chi connectivity index (χ0n) is 26.0. The number of unbranched alkanes of at least 4 members (excludes halogenated alkanes) is 1. The van der Waals surface area contributed by atoms with Gasteiger partial charge in [0.1, 0.15) is 18.7 Å². The van der Waals surface area contributed by atoms with Gasteiger partial charge in [0.05, 0.1) is 12.3 Å². The van der Waals surface area contributed by atoms with Crippen molar-refractivity contribution in [3.63, 3.8) is 0 Å². The molecule has 9 heteroatoms. The second-order valence-electron chi connectivity index (χ2n) is 12.6. The van der Waals surface area contributed by atoms with E-state index in [-0.39, 0.29) is 28.6 Å². The first-order valence-corrected chi connectivity index (χ1v) is 16.5. The van der Waals surface area contributed by atoms with Gasteiger partial charge in [-0.25, -0.2) is 4.79 Å². The van der Waals surface area contributed by atoms with Crippen molar-refractivity contribution in [1.29, 1.82) is 0 Å². The van der Waals surface area contributed by atoms with E-state index >= 15 is 0 Å². The number of benzene rings is 2. The van der Waals surface area contributed by atoms with Crippen LogP contribution in [0.5, 0.6) is 0 Å². The molecule has 0 bridgehead atoms. The van der Waals surface area contributed by atoms with Gasteiger partial charge in [0.2, 0.25) is 5.91 Å². The molecule has 0 saturated carbocycles. The van der Waals surface area contributed by atoms with E-state index in [1.165, 1.54) is 0 Å². The lowest BCUT2D eigenvalue weighted by molar-refractivity contribution is -0.146. The summed E-state index contributed by atoms with van der Waals surface area (Å²) in [5.74, 6) is 0.109. The van der Waals surface area contributed by atoms with E-state index in [1.54, 1.807) is 16.7 Å². The molecule has 0 spiro atoms. The number of fused-ring (bicyclic) bond motifs is 1. The number of esters is 1. The highest BCUT2D eigenvalue weighted by Crippen LogP contribution is 2.43. The molecule has 234 valence electrons. The maximum Gasteiger partial charge on any atom is 0.410 e. The molecule has 0 aliphatic carbocycles. The number of likely N-dealkylation sites (tertiary alicyclic amines) is 1. The molecule has 2 aliphatic rings. The summed E-state index contributed by atoms with van der Waals surface area (Å²) in [4.78, 5) is 41.9. The molecule has 2 heterocycles. The number of amides is 2. The second-order valence-corrected chi connectivity index (χ2v) is 13.8. The second kappa shape index (κ2) is 15.6. The molecule has 0 aromatic heterocycles. The lowest BCUT2D eigenvalue weighted by Gasteiger charge is -2.36. The van der Waals surface area contributed by atoms with E-state index in [9.17, 15) is 14.4 Å². The van der Waals surface area contributed by atoms with Gasteiger partial charge in [-0.05, 0) is 55.2 Å². The number of nitrogens with one attached hydrogen (secondary N) is 2. The highest BCUT2D eigenvalue weighted by atomic mass is 32.2. The zero-order valence-corrected chi connectivity index (χ0v) is 26.8. The van der Waals surface area contributed by atoms with E-state index in [0.29, 0.717) is 38.6 Å². The molecular weight excluding hydrogens is 562 g/mol. The molecule has 43 heavy (non-hydrogen) atoms. The Labute approximate surface area is 260 Å². The molecule has 0 radical (unpaired) electrons. The molecule has 2 amide bonds. The molecule has 4 rings (SSSR count). The van der Waals surface area contributed by atoms with Crippen LogP contribution >= 0.6 is 11.8 Å². The fourth-order valence-electron chi connectivity index (χ4n) is 5.79. The standard InChI is InChI=1S/C34H47N3O5S/c1-5-41-32(39)27(35-29-30(34(2,3)4)43-28-18-12-11-16-26(28)36-31(29)38)17-10-9-13-24-19-21-37(22-20-24)33(40)42-23-25-14-7-6-8-15-25/h6-8,11-12,14-16,18,24,27,29-30,35H,5,9-10,13,17,19-23H2,1-4H3,(H,36,38)/t27-,29-,30?/m0/s1. The van der Waals surface area contributed by atoms with Crippen molar-refractivity contribution >= 4 is 35.4 Å². The first-order valence-electron chi connectivity index (χ1n) is 15.6. The van der Waals surface area contributed by atoms with Crippen molar-refractivity contribution in [2.24, 2.45) is 11.3 Å². The number of anilines is 1. The number of thioether (sulfide) groups is 1. The Hall–Kier alpha value is -3.04. The normalized spacial score (nSPS) is 20.0. The number of rotatable bonds is 11. The van der Waals surface area contributed by atoms with Crippen LogP contribution in [0.25, 0.3) is 0 Å². The minimum Gasteiger partial charge on any atom is -0.465 e. The lowest BCUT2D eigenvalue weighted by Crippen LogP contribution is -2.56. The predicted octanol–water partition coefficient (Wildman–Crippen LogP) is 6.64. The highest BCUT2D eigenvalue weighted by molar-refractivity contribution is 8.00. The van der Waals surface area contributed by atoms with Crippen LogP contribution in [0.1, 0.15) is 71.8 Å². The van der Waals surface area contributed by atoms with Crippen LogP contribution in [-0.2, 0) is 25.7 Å². The number of nitrogens with zero attached hydrogens (tertiary/aromatic N) is 1. The number of carbonyl (C=O) groups is 3. The van der Waals surface area contributed by atoms with Gasteiger partial charge in [0.15, 0.2) is 0 Å². The Bertz CT molecular complexity index is 1210. The highest BCUT2D eigenvalue weighted by Gasteiger charge is 2.42. The van der Waals surface area contributed by atoms with Gasteiger partial charge in [-0.3, -0.25) is 14.9 Å². The van der Waals surface area contributed by atoms with Gasteiger partial charge in [0, 0.05) is 23.2 Å². The first kappa shape index (κ1) is 32.9. The van der Waals surface area contributed by atoms with Crippen LogP contribution in [0.3, 0.4) is 0 Å². The number of para-hydroxylation sites is 1. The fourth-order valence-corrected chi connectivity index (χ4v) is 7.16. The molecule has 1 unspecified atom stereocenters. The Balaban J connectivity index is 1.27. The predicted molar refractivity (Wildman–Crippen MR) is 171 cm³/mol. The molecule has 3 atom stereocenters. The van der Waals surface area contributed by atoms with Crippen LogP contribution in [-0.4, -0.2) is 59.9 Å². The van der Waals surface area contributed by atoms with Crippen LogP contribution in [0.15, 0.2) is 59.5 Å². The number of carbonyl (C=O) groups excluding carboxylic acids is 3. The summed E-state index contributed by atoms with van der Waals surface area (Å²) >= 11 is 1.68. The topological polar surface area (TPSA) is 97.0 Å². The first-order chi connectivity index (χ1) is 20.7. The van der Waals surface area contributed by atoms with Crippen molar-refractivity contribution in [1.82, 2.24) is 10.2 Å². The summed E-state index contributed by atoms with van der Waals surface area (Å²) in [5.41, 5.74) is 1.59. The maximum absolute atomic E-state index is 13.5. The van der Waals surface area contributed by atoms with E-state index in [1.807, 2.05) is 61.5 Å². The van der Waals surface area contributed by atoms with Gasteiger partial charge in [-0.2, -0.15) is 0 Å². The van der Waals surface area contributed by atoms with Crippen LogP contribution in [0, 0.1) is 11.3 Å². The summed E-state index contributed by atoms with van der Waals surface area (Å²) < 4.78 is 10.9. The van der Waals surface area contributed by atoms with Gasteiger partial charge in [0.25, 0.3) is 0 Å². The quantitative estimate of drug-likeness (QED) is 0.218. The van der Waals surface area contributed by atoms with Crippen molar-refractivity contribution in [3.05, 3.63) is 60.2 Å². The monoisotopic (exact) mass is 609 g/mol. The van der Waals surface area contributed by atoms with Crippen LogP contribution in [0.4, 0.5) is 10.5 Å². The minimum absolute atomic E-state index is 0.0855. The zero-order chi connectivity index (χ0) is 30.8. The maximum atomic E-state index is 13.5. The Morgan fingerprint density at radius 3 is 2.42 bits per heavy atom. The smallest absolute Gasteiger partial charge is 0.410 e. The third-order valence-electron chi connectivity index (χ3n) is 8.22. The molecule has 8 nitrogen and oxygen atoms in total. The van der Waals surface area contributed by atoms with Gasteiger partial charge in [-0.1, -0.05) is 82.5 Å². The molecule has 2 N–H and O–H groups in total. The summed E-state index contributed by atoms with van der Waals surface area (Å²) in [6.45, 7) is 10.2. The van der Waals surface area contributed by atoms with Crippen molar-refractivity contribution in [2.45, 2.75) is 95.1 Å². The average Bonchev–Trinajstić information content (AvgIpc) is 3.14. The van der Waals surface area contributed by atoms with Crippen molar-refractivity contribution in [3.8, 4) is 0 Å². The fraction of sp³-hybridized carbons (Fsp3) is 0.559. The van der Waals surface area contributed by atoms with E-state index in [2.05, 4.69) is 31.4 Å². The summed E-state index contributed by atoms with van der Waals surface area (Å²) in [7, 11) is 0. The number of hydrogen-bond acceptors (Lipinski definition) is 7. The molecule has 2 aliphatic heterocycles. The lowest BCUT2D eigenvalue weighted by atomic mass is 9.86. The Morgan fingerprint density at radius 1 is 1.02 bits per heavy atom. The van der Waals surface area contributed by atoms with Crippen LogP contribution < -0.4 is 10.6 Å². The molecular formula is C34H47N3O5S. The summed E-state index contributed by atoms with van der Waals surface area (Å²) in [6.07, 6.45) is 5.12. The van der Waals surface area contributed by atoms with Crippen molar-refractivity contribution < 1.29 is 23.9 Å². The largest absolute Gasteiger partial charge is 0.465 e. The van der Waals surface area contributed by atoms with Crippen molar-refractivity contribution in [2.75, 3.05) is 25.0 Å². The average molecular weight is 610 g/mol. The van der Waals surface area contributed by atoms with E-state index in [0.717, 1.165) is 48.3 Å². The van der Waals surface area contributed by atoms with Gasteiger partial charge in [-0.15, -0.1) is 11.8 Å². The number of piperidine rings is 1. The third-order valence-corrected chi connectivity index (χ3v) is 10.1. The number of ether oxygens (including phenoxy) is 2.